The van der Waals surface area contributed by atoms with Crippen molar-refractivity contribution in [3.8, 4) is 11.5 Å². The number of rotatable bonds is 5. The number of nitrogens with one attached hydrogen (secondary N) is 1. The summed E-state index contributed by atoms with van der Waals surface area (Å²) in [6, 6.07) is 3.75. The number of carboxylic acids is 1. The van der Waals surface area contributed by atoms with E-state index in [4.69, 9.17) is 19.0 Å². The van der Waals surface area contributed by atoms with Crippen LogP contribution >= 0.6 is 28.7 Å². The molecule has 0 saturated carbocycles. The van der Waals surface area contributed by atoms with E-state index in [0.29, 0.717) is 21.7 Å². The van der Waals surface area contributed by atoms with E-state index in [2.05, 4.69) is 34.1 Å². The van der Waals surface area contributed by atoms with Crippen LogP contribution in [0.1, 0.15) is 10.6 Å². The van der Waals surface area contributed by atoms with E-state index in [1.165, 1.54) is 20.3 Å². The minimum Gasteiger partial charge on any atom is -0.495 e. The zero-order valence-corrected chi connectivity index (χ0v) is 15.1. The van der Waals surface area contributed by atoms with Gasteiger partial charge in [-0.2, -0.15) is 0 Å². The summed E-state index contributed by atoms with van der Waals surface area (Å²) in [5.74, 6) is -0.636. The number of anilines is 2. The van der Waals surface area contributed by atoms with Crippen molar-refractivity contribution >= 4 is 52.1 Å². The second-order valence-corrected chi connectivity index (χ2v) is 5.66. The van der Waals surface area contributed by atoms with Gasteiger partial charge in [-0.05, 0) is 22.0 Å². The molecule has 10 heteroatoms. The van der Waals surface area contributed by atoms with Gasteiger partial charge in [-0.15, -0.1) is 0 Å². The molecule has 2 amide bonds. The maximum Gasteiger partial charge on any atom is 0.371 e. The van der Waals surface area contributed by atoms with Crippen molar-refractivity contribution in [2.24, 2.45) is 0 Å². The highest BCUT2D eigenvalue weighted by molar-refractivity contribution is 9.10. The van der Waals surface area contributed by atoms with Crippen LogP contribution in [0.3, 0.4) is 0 Å². The number of methoxy groups -OCH3 is 2. The van der Waals surface area contributed by atoms with E-state index in [1.54, 1.807) is 12.1 Å². The Labute approximate surface area is 151 Å². The van der Waals surface area contributed by atoms with Crippen molar-refractivity contribution < 1.29 is 28.6 Å². The lowest BCUT2D eigenvalue weighted by Gasteiger charge is -2.17. The first-order valence-electron chi connectivity index (χ1n) is 6.40. The number of hydrogen-bond acceptors (Lipinski definition) is 6. The Morgan fingerprint density at radius 2 is 1.92 bits per heavy atom. The first kappa shape index (κ1) is 18.0. The van der Waals surface area contributed by atoms with Crippen molar-refractivity contribution in [2.45, 2.75) is 0 Å². The molecule has 2 rings (SSSR count). The summed E-state index contributed by atoms with van der Waals surface area (Å²) < 4.78 is 16.7. The van der Waals surface area contributed by atoms with E-state index in [9.17, 15) is 9.59 Å². The Kier molecular flexibility index (Phi) is 5.62. The molecule has 0 fully saturated rings. The second kappa shape index (κ2) is 7.49. The lowest BCUT2D eigenvalue weighted by molar-refractivity contribution is 0.0662. The average molecular weight is 417 g/mol. The molecular weight excluding hydrogens is 404 g/mol. The Morgan fingerprint density at radius 3 is 2.46 bits per heavy atom. The highest BCUT2D eigenvalue weighted by Gasteiger charge is 2.19. The van der Waals surface area contributed by atoms with Gasteiger partial charge in [0, 0.05) is 12.1 Å². The second-order valence-electron chi connectivity index (χ2n) is 4.40. The molecule has 128 valence electrons. The number of ether oxygens (including phenoxy) is 2. The lowest BCUT2D eigenvalue weighted by atomic mass is 10.2. The number of carboxylic acid groups (broad SMARTS) is 1. The topological polar surface area (TPSA) is 101 Å². The number of carbonyl (C=O) groups excluding carboxylic acids is 1. The third-order valence-corrected chi connectivity index (χ3v) is 3.98. The number of furan rings is 1. The minimum atomic E-state index is -1.25. The van der Waals surface area contributed by atoms with E-state index in [-0.39, 0.29) is 11.4 Å². The van der Waals surface area contributed by atoms with Crippen LogP contribution in [-0.2, 0) is 0 Å². The fourth-order valence-corrected chi connectivity index (χ4v) is 2.45. The van der Waals surface area contributed by atoms with Crippen LogP contribution in [0.4, 0.5) is 16.2 Å². The van der Waals surface area contributed by atoms with Crippen LogP contribution in [0.2, 0.25) is 0 Å². The summed E-state index contributed by atoms with van der Waals surface area (Å²) >= 11 is 7.36. The van der Waals surface area contributed by atoms with E-state index in [0.717, 1.165) is 10.6 Å². The Morgan fingerprint density at radius 1 is 1.25 bits per heavy atom. The molecule has 0 atom stereocenters. The van der Waals surface area contributed by atoms with Gasteiger partial charge in [-0.1, -0.05) is 12.8 Å². The van der Waals surface area contributed by atoms with Gasteiger partial charge in [0.15, 0.2) is 0 Å². The average Bonchev–Trinajstić information content (AvgIpc) is 3.04. The largest absolute Gasteiger partial charge is 0.495 e. The maximum atomic E-state index is 12.3. The molecule has 1 aromatic carbocycles. The lowest BCUT2D eigenvalue weighted by Crippen LogP contribution is -2.26. The van der Waals surface area contributed by atoms with Crippen molar-refractivity contribution in [3.05, 3.63) is 34.7 Å². The number of nitrogens with zero attached hydrogens (tertiary/aromatic N) is 1. The Balaban J connectivity index is 2.22. The van der Waals surface area contributed by atoms with Crippen LogP contribution in [0.15, 0.2) is 33.4 Å². The summed E-state index contributed by atoms with van der Waals surface area (Å²) in [4.78, 5) is 23.1. The number of benzene rings is 1. The molecule has 2 aromatic rings. The summed E-state index contributed by atoms with van der Waals surface area (Å²) in [5, 5.41) is 11.4. The van der Waals surface area contributed by atoms with Crippen LogP contribution in [0.5, 0.6) is 11.5 Å². The van der Waals surface area contributed by atoms with Gasteiger partial charge < -0.3 is 24.3 Å². The molecule has 0 aliphatic rings. The predicted octanol–water partition coefficient (Wildman–Crippen LogP) is 3.64. The minimum absolute atomic E-state index is 0.166. The number of amides is 2. The standard InChI is InChI=1S/C14H13BrN2O6S/c1-21-10-5-11(22-2)9(4-8(10)15)16-14(20)17(24)7-3-12(13(18)19)23-6-7/h3-6,24H,1-2H3,(H,16,20)(H,18,19). The fourth-order valence-electron chi connectivity index (χ4n) is 1.79. The van der Waals surface area contributed by atoms with Crippen molar-refractivity contribution in [2.75, 3.05) is 23.8 Å². The molecular formula is C14H13BrN2O6S. The van der Waals surface area contributed by atoms with Crippen LogP contribution in [-0.4, -0.2) is 31.3 Å². The number of thiol groups is 1. The van der Waals surface area contributed by atoms with E-state index >= 15 is 0 Å². The SMILES string of the molecule is COc1cc(OC)c(NC(=O)N(S)c2coc(C(=O)O)c2)cc1Br. The molecule has 0 aliphatic carbocycles. The van der Waals surface area contributed by atoms with Crippen LogP contribution in [0, 0.1) is 0 Å². The third-order valence-electron chi connectivity index (χ3n) is 2.95. The van der Waals surface area contributed by atoms with E-state index < -0.39 is 12.0 Å². The molecule has 8 nitrogen and oxygen atoms in total. The Hall–Kier alpha value is -2.33. The molecule has 0 aliphatic heterocycles. The van der Waals surface area contributed by atoms with Gasteiger partial charge in [0.05, 0.1) is 30.1 Å². The third kappa shape index (κ3) is 3.77. The van der Waals surface area contributed by atoms with Gasteiger partial charge in [0.2, 0.25) is 5.76 Å². The normalized spacial score (nSPS) is 10.2. The first-order chi connectivity index (χ1) is 11.4. The number of aromatic carboxylic acids is 1. The van der Waals surface area contributed by atoms with Crippen LogP contribution in [0.25, 0.3) is 0 Å². The highest BCUT2D eigenvalue weighted by Crippen LogP contribution is 2.36. The van der Waals surface area contributed by atoms with Gasteiger partial charge in [-0.25, -0.2) is 13.9 Å². The number of halogens is 1. The molecule has 0 spiro atoms. The van der Waals surface area contributed by atoms with Gasteiger partial charge in [0.25, 0.3) is 0 Å². The molecule has 0 radical (unpaired) electrons. The summed E-state index contributed by atoms with van der Waals surface area (Å²) in [5.41, 5.74) is 0.538. The molecule has 24 heavy (non-hydrogen) atoms. The van der Waals surface area contributed by atoms with Gasteiger partial charge in [-0.3, -0.25) is 0 Å². The molecule has 1 heterocycles. The zero-order chi connectivity index (χ0) is 17.9. The molecule has 0 saturated heterocycles. The smallest absolute Gasteiger partial charge is 0.371 e. The van der Waals surface area contributed by atoms with Crippen molar-refractivity contribution in [1.82, 2.24) is 0 Å². The molecule has 0 bridgehead atoms. The number of carbonyl (C=O) groups is 2. The maximum absolute atomic E-state index is 12.3. The summed E-state index contributed by atoms with van der Waals surface area (Å²) in [6.45, 7) is 0. The Bertz CT molecular complexity index is 779. The fraction of sp³-hybridized carbons (Fsp3) is 0.143. The zero-order valence-electron chi connectivity index (χ0n) is 12.6. The summed E-state index contributed by atoms with van der Waals surface area (Å²) in [6.07, 6.45) is 1.11. The molecule has 2 N–H and O–H groups in total. The number of urea groups is 1. The quantitative estimate of drug-likeness (QED) is 0.643. The van der Waals surface area contributed by atoms with Gasteiger partial charge in [0.1, 0.15) is 17.8 Å². The molecule has 1 aromatic heterocycles. The summed E-state index contributed by atoms with van der Waals surface area (Å²) in [7, 11) is 2.96. The highest BCUT2D eigenvalue weighted by atomic mass is 79.9. The van der Waals surface area contributed by atoms with Crippen LogP contribution < -0.4 is 19.1 Å². The van der Waals surface area contributed by atoms with Crippen molar-refractivity contribution in [3.63, 3.8) is 0 Å². The van der Waals surface area contributed by atoms with Crippen molar-refractivity contribution in [1.29, 1.82) is 0 Å². The predicted molar refractivity (Wildman–Crippen MR) is 93.4 cm³/mol. The van der Waals surface area contributed by atoms with E-state index in [1.807, 2.05) is 0 Å². The first-order valence-corrected chi connectivity index (χ1v) is 7.60. The number of hydrogen-bond donors (Lipinski definition) is 3. The molecule has 0 unspecified atom stereocenters. The monoisotopic (exact) mass is 416 g/mol. The van der Waals surface area contributed by atoms with Gasteiger partial charge >= 0.3 is 12.0 Å².